The number of anilines is 3. The van der Waals surface area contributed by atoms with Crippen molar-refractivity contribution in [3.63, 3.8) is 0 Å². The number of carbonyl (C=O) groups is 2. The number of amides is 1. The van der Waals surface area contributed by atoms with Crippen LogP contribution in [0.3, 0.4) is 0 Å². The number of nitrogens with zero attached hydrogens (tertiary/aromatic N) is 1. The molecule has 6 heteroatoms. The molecule has 3 rings (SSSR count). The van der Waals surface area contributed by atoms with Gasteiger partial charge in [-0.1, -0.05) is 12.1 Å². The lowest BCUT2D eigenvalue weighted by molar-refractivity contribution is -0.115. The van der Waals surface area contributed by atoms with Crippen LogP contribution in [0.5, 0.6) is 0 Å². The molecule has 5 nitrogen and oxygen atoms in total. The summed E-state index contributed by atoms with van der Waals surface area (Å²) >= 11 is 1.15. The first-order chi connectivity index (χ1) is 9.15. The van der Waals surface area contributed by atoms with Gasteiger partial charge >= 0.3 is 5.97 Å². The minimum absolute atomic E-state index is 0.109. The molecule has 0 bridgehead atoms. The summed E-state index contributed by atoms with van der Waals surface area (Å²) in [7, 11) is 0. The van der Waals surface area contributed by atoms with E-state index in [1.165, 1.54) is 0 Å². The fourth-order valence-corrected chi connectivity index (χ4v) is 2.78. The van der Waals surface area contributed by atoms with Gasteiger partial charge in [-0.15, -0.1) is 11.3 Å². The van der Waals surface area contributed by atoms with Crippen molar-refractivity contribution in [3.05, 3.63) is 40.6 Å². The van der Waals surface area contributed by atoms with E-state index < -0.39 is 5.97 Å². The molecule has 0 saturated carbocycles. The van der Waals surface area contributed by atoms with Crippen LogP contribution in [0.4, 0.5) is 17.1 Å². The summed E-state index contributed by atoms with van der Waals surface area (Å²) in [4.78, 5) is 24.7. The lowest BCUT2D eigenvalue weighted by atomic mass is 10.2. The lowest BCUT2D eigenvalue weighted by Gasteiger charge is -2.29. The number of carbonyl (C=O) groups excluding carboxylic acids is 1. The van der Waals surface area contributed by atoms with E-state index >= 15 is 0 Å². The maximum atomic E-state index is 11.7. The van der Waals surface area contributed by atoms with Gasteiger partial charge < -0.3 is 15.3 Å². The van der Waals surface area contributed by atoms with Gasteiger partial charge in [0.15, 0.2) is 0 Å². The van der Waals surface area contributed by atoms with Crippen molar-refractivity contribution in [2.45, 2.75) is 0 Å². The zero-order valence-electron chi connectivity index (χ0n) is 9.79. The molecule has 0 fully saturated rings. The quantitative estimate of drug-likeness (QED) is 0.883. The van der Waals surface area contributed by atoms with Crippen LogP contribution < -0.4 is 10.2 Å². The van der Waals surface area contributed by atoms with Crippen LogP contribution >= 0.6 is 11.3 Å². The van der Waals surface area contributed by atoms with Crippen molar-refractivity contribution in [2.75, 3.05) is 16.8 Å². The maximum absolute atomic E-state index is 11.7. The zero-order valence-corrected chi connectivity index (χ0v) is 10.6. The molecule has 2 N–H and O–H groups in total. The molecular formula is C13H10N2O3S. The van der Waals surface area contributed by atoms with Crippen molar-refractivity contribution in [3.8, 4) is 0 Å². The number of rotatable bonds is 2. The number of carboxylic acid groups (broad SMARTS) is 1. The SMILES string of the molecule is O=C1CN(c2csc(C(=O)O)c2)c2ccccc2N1. The van der Waals surface area contributed by atoms with Gasteiger partial charge in [-0.05, 0) is 18.2 Å². The van der Waals surface area contributed by atoms with Gasteiger partial charge in [0.25, 0.3) is 0 Å². The zero-order chi connectivity index (χ0) is 13.4. The molecule has 1 aliphatic heterocycles. The summed E-state index contributed by atoms with van der Waals surface area (Å²) in [6.07, 6.45) is 0. The number of benzene rings is 1. The van der Waals surface area contributed by atoms with Crippen molar-refractivity contribution in [2.24, 2.45) is 0 Å². The van der Waals surface area contributed by atoms with Crippen molar-refractivity contribution in [1.82, 2.24) is 0 Å². The monoisotopic (exact) mass is 274 g/mol. The highest BCUT2D eigenvalue weighted by atomic mass is 32.1. The first-order valence-corrected chi connectivity index (χ1v) is 6.51. The predicted molar refractivity (Wildman–Crippen MR) is 73.4 cm³/mol. The summed E-state index contributed by atoms with van der Waals surface area (Å²) in [5.41, 5.74) is 2.34. The molecule has 1 aromatic heterocycles. The number of nitrogens with one attached hydrogen (secondary N) is 1. The van der Waals surface area contributed by atoms with E-state index in [1.807, 2.05) is 29.2 Å². The Labute approximate surface area is 113 Å². The van der Waals surface area contributed by atoms with Crippen molar-refractivity contribution < 1.29 is 14.7 Å². The highest BCUT2D eigenvalue weighted by Crippen LogP contribution is 2.36. The van der Waals surface area contributed by atoms with Gasteiger partial charge in [-0.2, -0.15) is 0 Å². The molecule has 0 atom stereocenters. The van der Waals surface area contributed by atoms with E-state index in [0.717, 1.165) is 28.4 Å². The third kappa shape index (κ3) is 2.06. The molecule has 2 aromatic rings. The Morgan fingerprint density at radius 2 is 2.16 bits per heavy atom. The predicted octanol–water partition coefficient (Wildman–Crippen LogP) is 2.54. The van der Waals surface area contributed by atoms with Gasteiger partial charge in [0.2, 0.25) is 5.91 Å². The van der Waals surface area contributed by atoms with Gasteiger partial charge in [0.05, 0.1) is 17.1 Å². The minimum atomic E-state index is -0.953. The normalized spacial score (nSPS) is 13.9. The first-order valence-electron chi connectivity index (χ1n) is 5.63. The van der Waals surface area contributed by atoms with Gasteiger partial charge in [0, 0.05) is 5.38 Å². The molecule has 0 spiro atoms. The molecule has 1 aromatic carbocycles. The molecule has 1 amide bonds. The Morgan fingerprint density at radius 1 is 1.37 bits per heavy atom. The average Bonchev–Trinajstić information content (AvgIpc) is 2.87. The highest BCUT2D eigenvalue weighted by molar-refractivity contribution is 7.12. The van der Waals surface area contributed by atoms with Crippen molar-refractivity contribution >= 4 is 40.3 Å². The van der Waals surface area contributed by atoms with Crippen LogP contribution in [-0.4, -0.2) is 23.5 Å². The van der Waals surface area contributed by atoms with Crippen LogP contribution in [0.25, 0.3) is 0 Å². The standard InChI is InChI=1S/C13H10N2O3S/c16-12-6-15(8-5-11(13(17)18)19-7-8)10-4-2-1-3-9(10)14-12/h1-5,7H,6H2,(H,14,16)(H,17,18). The van der Waals surface area contributed by atoms with E-state index in [4.69, 9.17) is 5.11 Å². The fraction of sp³-hybridized carbons (Fsp3) is 0.0769. The number of hydrogen-bond donors (Lipinski definition) is 2. The molecule has 0 saturated heterocycles. The van der Waals surface area contributed by atoms with Gasteiger partial charge in [-0.3, -0.25) is 4.79 Å². The Hall–Kier alpha value is -2.34. The molecule has 1 aliphatic rings. The molecule has 0 unspecified atom stereocenters. The number of aromatic carboxylic acids is 1. The van der Waals surface area contributed by atoms with Crippen LogP contribution in [0.15, 0.2) is 35.7 Å². The van der Waals surface area contributed by atoms with E-state index in [2.05, 4.69) is 5.32 Å². The third-order valence-electron chi connectivity index (χ3n) is 2.88. The number of thiophene rings is 1. The topological polar surface area (TPSA) is 69.6 Å². The van der Waals surface area contributed by atoms with Crippen LogP contribution in [0.2, 0.25) is 0 Å². The number of carboxylic acids is 1. The second kappa shape index (κ2) is 4.40. The molecule has 19 heavy (non-hydrogen) atoms. The van der Waals surface area contributed by atoms with Gasteiger partial charge in [0.1, 0.15) is 11.4 Å². The molecule has 96 valence electrons. The minimum Gasteiger partial charge on any atom is -0.477 e. The van der Waals surface area contributed by atoms with Crippen LogP contribution in [0.1, 0.15) is 9.67 Å². The average molecular weight is 274 g/mol. The largest absolute Gasteiger partial charge is 0.477 e. The van der Waals surface area contributed by atoms with Gasteiger partial charge in [-0.25, -0.2) is 4.79 Å². The maximum Gasteiger partial charge on any atom is 0.345 e. The molecule has 0 radical (unpaired) electrons. The van der Waals surface area contributed by atoms with Crippen molar-refractivity contribution in [1.29, 1.82) is 0 Å². The Kier molecular flexibility index (Phi) is 2.72. The fourth-order valence-electron chi connectivity index (χ4n) is 2.04. The summed E-state index contributed by atoms with van der Waals surface area (Å²) < 4.78 is 0. The summed E-state index contributed by atoms with van der Waals surface area (Å²) in [5, 5.41) is 13.5. The molecule has 0 aliphatic carbocycles. The first kappa shape index (κ1) is 11.7. The van der Waals surface area contributed by atoms with E-state index in [9.17, 15) is 9.59 Å². The number of hydrogen-bond acceptors (Lipinski definition) is 4. The molecule has 2 heterocycles. The summed E-state index contributed by atoms with van der Waals surface area (Å²) in [5.74, 6) is -1.06. The van der Waals surface area contributed by atoms with E-state index in [-0.39, 0.29) is 17.3 Å². The Morgan fingerprint density at radius 3 is 2.89 bits per heavy atom. The van der Waals surface area contributed by atoms with Crippen LogP contribution in [-0.2, 0) is 4.79 Å². The van der Waals surface area contributed by atoms with E-state index in [1.54, 1.807) is 11.4 Å². The highest BCUT2D eigenvalue weighted by Gasteiger charge is 2.24. The Balaban J connectivity index is 2.04. The molecular weight excluding hydrogens is 264 g/mol. The lowest BCUT2D eigenvalue weighted by Crippen LogP contribution is -2.34. The smallest absolute Gasteiger partial charge is 0.345 e. The second-order valence-corrected chi connectivity index (χ2v) is 5.04. The van der Waals surface area contributed by atoms with Crippen LogP contribution in [0, 0.1) is 0 Å². The summed E-state index contributed by atoms with van der Waals surface area (Å²) in [6, 6.07) is 9.03. The summed E-state index contributed by atoms with van der Waals surface area (Å²) in [6.45, 7) is 0.187. The number of fused-ring (bicyclic) bond motifs is 1. The Bertz CT molecular complexity index is 665. The second-order valence-electron chi connectivity index (χ2n) is 4.13. The van der Waals surface area contributed by atoms with E-state index in [0.29, 0.717) is 0 Å². The third-order valence-corrected chi connectivity index (χ3v) is 3.78. The number of para-hydroxylation sites is 2.